The van der Waals surface area contributed by atoms with Gasteiger partial charge in [0.2, 0.25) is 5.91 Å². The van der Waals surface area contributed by atoms with E-state index in [9.17, 15) is 9.59 Å². The highest BCUT2D eigenvalue weighted by Crippen LogP contribution is 2.31. The number of nitrogens with one attached hydrogen (secondary N) is 2. The minimum absolute atomic E-state index is 0.185. The minimum Gasteiger partial charge on any atom is -0.317 e. The van der Waals surface area contributed by atoms with Crippen molar-refractivity contribution in [3.63, 3.8) is 0 Å². The summed E-state index contributed by atoms with van der Waals surface area (Å²) in [6, 6.07) is 6.22. The van der Waals surface area contributed by atoms with Gasteiger partial charge in [0.1, 0.15) is 5.78 Å². The number of rotatable bonds is 4. The zero-order chi connectivity index (χ0) is 17.2. The molecular formula is C19H26N2O3. The zero-order valence-corrected chi connectivity index (χ0v) is 14.2. The molecule has 130 valence electrons. The van der Waals surface area contributed by atoms with E-state index < -0.39 is 0 Å². The molecule has 0 radical (unpaired) electrons. The first-order valence-electron chi connectivity index (χ1n) is 8.80. The van der Waals surface area contributed by atoms with Crippen molar-refractivity contribution >= 4 is 11.7 Å². The molecule has 1 aromatic rings. The van der Waals surface area contributed by atoms with Crippen molar-refractivity contribution in [2.45, 2.75) is 45.4 Å². The summed E-state index contributed by atoms with van der Waals surface area (Å²) in [5.41, 5.74) is 4.96. The molecule has 1 aliphatic heterocycles. The Hall–Kier alpha value is -1.72. The Kier molecular flexibility index (Phi) is 5.01. The fourth-order valence-corrected chi connectivity index (χ4v) is 3.89. The van der Waals surface area contributed by atoms with Gasteiger partial charge in [-0.1, -0.05) is 25.1 Å². The second-order valence-electron chi connectivity index (χ2n) is 7.43. The van der Waals surface area contributed by atoms with Gasteiger partial charge in [0.15, 0.2) is 0 Å². The average Bonchev–Trinajstić information content (AvgIpc) is 2.61. The van der Waals surface area contributed by atoms with Gasteiger partial charge in [-0.05, 0) is 61.9 Å². The fraction of sp³-hybridized carbons (Fsp3) is 0.579. The summed E-state index contributed by atoms with van der Waals surface area (Å²) in [5, 5.41) is 12.1. The van der Waals surface area contributed by atoms with E-state index in [1.54, 1.807) is 5.48 Å². The molecule has 3 rings (SSSR count). The summed E-state index contributed by atoms with van der Waals surface area (Å²) in [6.45, 7) is 3.89. The number of Topliss-reactive ketones (excluding diaryl/α,β-unsaturated/α-hetero) is 1. The standard InChI is InChI=1S/C19H26N2O3/c1-19(6-8-20-9-7-19)17(22)11-13-2-3-14-4-5-15(18(23)21-24)12-16(14)10-13/h2-3,10,15,20,24H,4-9,11-12H2,1H3,(H,21,23). The van der Waals surface area contributed by atoms with Crippen molar-refractivity contribution in [2.24, 2.45) is 11.3 Å². The third kappa shape index (κ3) is 3.52. The van der Waals surface area contributed by atoms with Crippen LogP contribution < -0.4 is 10.8 Å². The molecule has 1 aliphatic carbocycles. The normalized spacial score (nSPS) is 22.5. The van der Waals surface area contributed by atoms with Gasteiger partial charge in [0.25, 0.3) is 0 Å². The molecule has 1 unspecified atom stereocenters. The molecule has 0 bridgehead atoms. The molecule has 5 heteroatoms. The van der Waals surface area contributed by atoms with Crippen molar-refractivity contribution in [3.8, 4) is 0 Å². The lowest BCUT2D eigenvalue weighted by atomic mass is 9.75. The first-order valence-corrected chi connectivity index (χ1v) is 8.80. The predicted octanol–water partition coefficient (Wildman–Crippen LogP) is 1.80. The molecule has 24 heavy (non-hydrogen) atoms. The Morgan fingerprint density at radius 3 is 2.75 bits per heavy atom. The number of fused-ring (bicyclic) bond motifs is 1. The summed E-state index contributed by atoms with van der Waals surface area (Å²) in [4.78, 5) is 24.4. The summed E-state index contributed by atoms with van der Waals surface area (Å²) in [5.74, 6) is -0.191. The van der Waals surface area contributed by atoms with Crippen LogP contribution in [0.15, 0.2) is 18.2 Å². The highest BCUT2D eigenvalue weighted by atomic mass is 16.5. The number of carbonyl (C=O) groups is 2. The lowest BCUT2D eigenvalue weighted by Crippen LogP contribution is -2.40. The van der Waals surface area contributed by atoms with Crippen LogP contribution in [0.1, 0.15) is 42.9 Å². The van der Waals surface area contributed by atoms with E-state index in [1.807, 2.05) is 6.07 Å². The summed E-state index contributed by atoms with van der Waals surface area (Å²) in [7, 11) is 0. The number of hydrogen-bond donors (Lipinski definition) is 3. The van der Waals surface area contributed by atoms with Crippen molar-refractivity contribution < 1.29 is 14.8 Å². The molecule has 1 fully saturated rings. The molecule has 1 saturated heterocycles. The van der Waals surface area contributed by atoms with Gasteiger partial charge >= 0.3 is 0 Å². The third-order valence-electron chi connectivity index (χ3n) is 5.73. The topological polar surface area (TPSA) is 78.4 Å². The summed E-state index contributed by atoms with van der Waals surface area (Å²) >= 11 is 0. The highest BCUT2D eigenvalue weighted by molar-refractivity contribution is 5.86. The van der Waals surface area contributed by atoms with Crippen LogP contribution in [0.3, 0.4) is 0 Å². The smallest absolute Gasteiger partial charge is 0.246 e. The molecular weight excluding hydrogens is 304 g/mol. The maximum absolute atomic E-state index is 12.8. The maximum Gasteiger partial charge on any atom is 0.246 e. The van der Waals surface area contributed by atoms with Gasteiger partial charge in [0.05, 0.1) is 0 Å². The number of carbonyl (C=O) groups excluding carboxylic acids is 2. The van der Waals surface area contributed by atoms with Crippen LogP contribution in [0.2, 0.25) is 0 Å². The van der Waals surface area contributed by atoms with Crippen LogP contribution in [-0.2, 0) is 28.9 Å². The van der Waals surface area contributed by atoms with Crippen molar-refractivity contribution in [1.82, 2.24) is 10.8 Å². The number of ketones is 1. The van der Waals surface area contributed by atoms with E-state index >= 15 is 0 Å². The summed E-state index contributed by atoms with van der Waals surface area (Å²) in [6.07, 6.45) is 4.48. The number of piperidine rings is 1. The fourth-order valence-electron chi connectivity index (χ4n) is 3.89. The van der Waals surface area contributed by atoms with Crippen molar-refractivity contribution in [3.05, 3.63) is 34.9 Å². The second kappa shape index (κ2) is 7.03. The van der Waals surface area contributed by atoms with Gasteiger partial charge in [-0.15, -0.1) is 0 Å². The first kappa shape index (κ1) is 17.1. The number of benzene rings is 1. The third-order valence-corrected chi connectivity index (χ3v) is 5.73. The molecule has 1 heterocycles. The number of hydrogen-bond acceptors (Lipinski definition) is 4. The van der Waals surface area contributed by atoms with E-state index in [2.05, 4.69) is 24.4 Å². The molecule has 2 aliphatic rings. The van der Waals surface area contributed by atoms with Gasteiger partial charge in [-0.25, -0.2) is 5.48 Å². The predicted molar refractivity (Wildman–Crippen MR) is 90.8 cm³/mol. The SMILES string of the molecule is CC1(C(=O)Cc2ccc3c(c2)CC(C(=O)NO)CC3)CCNCC1. The first-order chi connectivity index (χ1) is 11.5. The van der Waals surface area contributed by atoms with Gasteiger partial charge < -0.3 is 5.32 Å². The van der Waals surface area contributed by atoms with Crippen molar-refractivity contribution in [1.29, 1.82) is 0 Å². The lowest BCUT2D eigenvalue weighted by molar-refractivity contribution is -0.133. The number of amides is 1. The summed E-state index contributed by atoms with van der Waals surface area (Å²) < 4.78 is 0. The maximum atomic E-state index is 12.8. The molecule has 0 spiro atoms. The van der Waals surface area contributed by atoms with Gasteiger partial charge in [0, 0.05) is 17.8 Å². The Bertz CT molecular complexity index is 635. The van der Waals surface area contributed by atoms with Crippen LogP contribution in [0.25, 0.3) is 0 Å². The molecule has 5 nitrogen and oxygen atoms in total. The Morgan fingerprint density at radius 1 is 1.29 bits per heavy atom. The highest BCUT2D eigenvalue weighted by Gasteiger charge is 2.34. The Morgan fingerprint density at radius 2 is 2.04 bits per heavy atom. The van der Waals surface area contributed by atoms with Crippen LogP contribution in [-0.4, -0.2) is 30.0 Å². The monoisotopic (exact) mass is 330 g/mol. The quantitative estimate of drug-likeness (QED) is 0.581. The van der Waals surface area contributed by atoms with Crippen LogP contribution in [0.4, 0.5) is 0 Å². The van der Waals surface area contributed by atoms with Crippen LogP contribution in [0, 0.1) is 11.3 Å². The lowest BCUT2D eigenvalue weighted by Gasteiger charge is -2.32. The minimum atomic E-state index is -0.315. The van der Waals surface area contributed by atoms with Crippen molar-refractivity contribution in [2.75, 3.05) is 13.1 Å². The Labute approximate surface area is 142 Å². The molecule has 0 aromatic heterocycles. The van der Waals surface area contributed by atoms with Gasteiger partial charge in [-0.3, -0.25) is 14.8 Å². The van der Waals surface area contributed by atoms with Crippen LogP contribution >= 0.6 is 0 Å². The van der Waals surface area contributed by atoms with Gasteiger partial charge in [-0.2, -0.15) is 0 Å². The number of hydroxylamine groups is 1. The van der Waals surface area contributed by atoms with E-state index in [1.165, 1.54) is 5.56 Å². The second-order valence-corrected chi connectivity index (χ2v) is 7.43. The van der Waals surface area contributed by atoms with Crippen LogP contribution in [0.5, 0.6) is 0 Å². The molecule has 1 aromatic carbocycles. The van der Waals surface area contributed by atoms with E-state index in [-0.39, 0.29) is 17.2 Å². The molecule has 0 saturated carbocycles. The van der Waals surface area contributed by atoms with E-state index in [0.717, 1.165) is 49.9 Å². The molecule has 1 amide bonds. The zero-order valence-electron chi connectivity index (χ0n) is 14.2. The largest absolute Gasteiger partial charge is 0.317 e. The molecule has 1 atom stereocenters. The number of aryl methyl sites for hydroxylation is 1. The molecule has 3 N–H and O–H groups in total. The average molecular weight is 330 g/mol. The van der Waals surface area contributed by atoms with E-state index in [0.29, 0.717) is 18.6 Å². The van der Waals surface area contributed by atoms with E-state index in [4.69, 9.17) is 5.21 Å². The Balaban J connectivity index is 1.72.